The van der Waals surface area contributed by atoms with Crippen LogP contribution in [0.25, 0.3) is 0 Å². The monoisotopic (exact) mass is 371 g/mol. The van der Waals surface area contributed by atoms with Crippen molar-refractivity contribution in [3.8, 4) is 11.8 Å². The van der Waals surface area contributed by atoms with Crippen molar-refractivity contribution in [3.63, 3.8) is 0 Å². The van der Waals surface area contributed by atoms with Crippen LogP contribution in [-0.4, -0.2) is 9.97 Å². The average Bonchev–Trinajstić information content (AvgIpc) is 2.32. The summed E-state index contributed by atoms with van der Waals surface area (Å²) < 4.78 is 7.44. The first-order valence-electron chi connectivity index (χ1n) is 5.26. The largest absolute Gasteiger partial charge is 0.423 e. The number of rotatable bonds is 3. The Bertz CT molecular complexity index is 575. The van der Waals surface area contributed by atoms with Crippen molar-refractivity contribution in [2.45, 2.75) is 13.5 Å². The van der Waals surface area contributed by atoms with Gasteiger partial charge in [-0.25, -0.2) is 4.98 Å². The molecule has 1 aromatic carbocycles. The van der Waals surface area contributed by atoms with Gasteiger partial charge in [-0.3, -0.25) is 0 Å². The lowest BCUT2D eigenvalue weighted by Gasteiger charge is -2.08. The van der Waals surface area contributed by atoms with Crippen molar-refractivity contribution in [2.24, 2.45) is 5.73 Å². The lowest BCUT2D eigenvalue weighted by atomic mass is 10.3. The molecule has 0 aliphatic carbocycles. The number of hydrogen-bond donors (Lipinski definition) is 1. The number of nitrogens with zero attached hydrogens (tertiary/aromatic N) is 2. The van der Waals surface area contributed by atoms with Gasteiger partial charge in [-0.15, -0.1) is 0 Å². The number of ether oxygens (including phenoxy) is 1. The molecule has 0 saturated heterocycles. The maximum Gasteiger partial charge on any atom is 0.322 e. The Labute approximate surface area is 122 Å². The number of aromatic nitrogens is 2. The molecule has 6 heteroatoms. The summed E-state index contributed by atoms with van der Waals surface area (Å²) in [7, 11) is 0. The van der Waals surface area contributed by atoms with Crippen LogP contribution in [0.2, 0.25) is 0 Å². The maximum absolute atomic E-state index is 5.64. The zero-order valence-corrected chi connectivity index (χ0v) is 12.8. The minimum Gasteiger partial charge on any atom is -0.423 e. The first kappa shape index (κ1) is 13.5. The van der Waals surface area contributed by atoms with Crippen molar-refractivity contribution in [3.05, 3.63) is 44.6 Å². The number of halogens is 2. The summed E-state index contributed by atoms with van der Waals surface area (Å²) in [5, 5.41) is 0. The normalized spacial score (nSPS) is 10.4. The highest BCUT2D eigenvalue weighted by molar-refractivity contribution is 9.11. The Balaban J connectivity index is 2.30. The van der Waals surface area contributed by atoms with Crippen LogP contribution in [-0.2, 0) is 6.54 Å². The molecule has 2 rings (SSSR count). The first-order valence-corrected chi connectivity index (χ1v) is 6.84. The van der Waals surface area contributed by atoms with Crippen LogP contribution in [0.4, 0.5) is 0 Å². The van der Waals surface area contributed by atoms with Crippen LogP contribution in [0.15, 0.2) is 33.2 Å². The molecule has 1 heterocycles. The predicted octanol–water partition coefficient (Wildman–Crippen LogP) is 3.56. The third kappa shape index (κ3) is 3.28. The van der Waals surface area contributed by atoms with Gasteiger partial charge in [0.2, 0.25) is 0 Å². The quantitative estimate of drug-likeness (QED) is 0.894. The Morgan fingerprint density at radius 2 is 2.00 bits per heavy atom. The Hall–Kier alpha value is -0.980. The van der Waals surface area contributed by atoms with Crippen LogP contribution in [0.5, 0.6) is 11.8 Å². The van der Waals surface area contributed by atoms with Crippen molar-refractivity contribution in [2.75, 3.05) is 0 Å². The van der Waals surface area contributed by atoms with E-state index in [0.29, 0.717) is 18.3 Å². The molecule has 1 aromatic heterocycles. The summed E-state index contributed by atoms with van der Waals surface area (Å²) >= 11 is 6.81. The summed E-state index contributed by atoms with van der Waals surface area (Å²) in [5.41, 5.74) is 7.15. The van der Waals surface area contributed by atoms with E-state index in [-0.39, 0.29) is 0 Å². The molecule has 2 aromatic rings. The van der Waals surface area contributed by atoms with E-state index in [2.05, 4.69) is 41.8 Å². The maximum atomic E-state index is 5.64. The minimum atomic E-state index is 0.304. The SMILES string of the molecule is Cc1cc(CN)nc(Oc2ccc(Br)cc2Br)n1. The van der Waals surface area contributed by atoms with Gasteiger partial charge in [-0.05, 0) is 47.1 Å². The molecule has 0 aliphatic heterocycles. The Morgan fingerprint density at radius 1 is 1.22 bits per heavy atom. The highest BCUT2D eigenvalue weighted by Gasteiger charge is 2.07. The summed E-state index contributed by atoms with van der Waals surface area (Å²) in [4.78, 5) is 8.44. The molecule has 0 unspecified atom stereocenters. The molecular formula is C12H11Br2N3O. The average molecular weight is 373 g/mol. The van der Waals surface area contributed by atoms with E-state index in [9.17, 15) is 0 Å². The van der Waals surface area contributed by atoms with Gasteiger partial charge in [0.25, 0.3) is 0 Å². The van der Waals surface area contributed by atoms with E-state index in [0.717, 1.165) is 20.3 Å². The predicted molar refractivity (Wildman–Crippen MR) is 76.6 cm³/mol. The second-order valence-electron chi connectivity index (χ2n) is 3.66. The molecule has 0 amide bonds. The summed E-state index contributed by atoms with van der Waals surface area (Å²) in [6.45, 7) is 2.24. The van der Waals surface area contributed by atoms with Crippen LogP contribution >= 0.6 is 31.9 Å². The van der Waals surface area contributed by atoms with E-state index in [1.807, 2.05) is 31.2 Å². The number of aryl methyl sites for hydroxylation is 1. The van der Waals surface area contributed by atoms with Crippen molar-refractivity contribution in [1.82, 2.24) is 9.97 Å². The number of benzene rings is 1. The van der Waals surface area contributed by atoms with Crippen molar-refractivity contribution < 1.29 is 4.74 Å². The topological polar surface area (TPSA) is 61.0 Å². The molecule has 0 saturated carbocycles. The van der Waals surface area contributed by atoms with Gasteiger partial charge in [-0.1, -0.05) is 15.9 Å². The van der Waals surface area contributed by atoms with Gasteiger partial charge in [0.15, 0.2) is 0 Å². The fourth-order valence-electron chi connectivity index (χ4n) is 1.41. The molecule has 0 fully saturated rings. The molecule has 2 N–H and O–H groups in total. The van der Waals surface area contributed by atoms with Crippen LogP contribution in [0, 0.1) is 6.92 Å². The third-order valence-electron chi connectivity index (χ3n) is 2.19. The zero-order valence-electron chi connectivity index (χ0n) is 9.65. The fraction of sp³-hybridized carbons (Fsp3) is 0.167. The first-order chi connectivity index (χ1) is 8.58. The number of hydrogen-bond acceptors (Lipinski definition) is 4. The standard InChI is InChI=1S/C12H11Br2N3O/c1-7-4-9(6-15)17-12(16-7)18-11-3-2-8(13)5-10(11)14/h2-5H,6,15H2,1H3. The summed E-state index contributed by atoms with van der Waals surface area (Å²) in [6, 6.07) is 7.76. The van der Waals surface area contributed by atoms with E-state index < -0.39 is 0 Å². The zero-order chi connectivity index (χ0) is 13.1. The van der Waals surface area contributed by atoms with Crippen LogP contribution in [0.3, 0.4) is 0 Å². The van der Waals surface area contributed by atoms with Crippen molar-refractivity contribution in [1.29, 1.82) is 0 Å². The fourth-order valence-corrected chi connectivity index (χ4v) is 2.54. The molecule has 4 nitrogen and oxygen atoms in total. The van der Waals surface area contributed by atoms with Crippen LogP contribution < -0.4 is 10.5 Å². The summed E-state index contributed by atoms with van der Waals surface area (Å²) in [6.07, 6.45) is 0. The summed E-state index contributed by atoms with van der Waals surface area (Å²) in [5.74, 6) is 0.659. The van der Waals surface area contributed by atoms with Gasteiger partial charge in [0.1, 0.15) is 5.75 Å². The number of nitrogens with two attached hydrogens (primary N) is 1. The highest BCUT2D eigenvalue weighted by Crippen LogP contribution is 2.30. The van der Waals surface area contributed by atoms with Gasteiger partial charge in [0.05, 0.1) is 10.2 Å². The van der Waals surface area contributed by atoms with Gasteiger partial charge >= 0.3 is 6.01 Å². The lowest BCUT2D eigenvalue weighted by Crippen LogP contribution is -2.03. The van der Waals surface area contributed by atoms with E-state index in [1.165, 1.54) is 0 Å². The third-order valence-corrected chi connectivity index (χ3v) is 3.30. The van der Waals surface area contributed by atoms with Crippen LogP contribution in [0.1, 0.15) is 11.4 Å². The van der Waals surface area contributed by atoms with Gasteiger partial charge in [0, 0.05) is 16.7 Å². The van der Waals surface area contributed by atoms with E-state index >= 15 is 0 Å². The molecule has 0 bridgehead atoms. The smallest absolute Gasteiger partial charge is 0.322 e. The lowest BCUT2D eigenvalue weighted by molar-refractivity contribution is 0.435. The minimum absolute atomic E-state index is 0.304. The molecular weight excluding hydrogens is 362 g/mol. The van der Waals surface area contributed by atoms with E-state index in [1.54, 1.807) is 0 Å². The highest BCUT2D eigenvalue weighted by atomic mass is 79.9. The van der Waals surface area contributed by atoms with Gasteiger partial charge < -0.3 is 10.5 Å². The second-order valence-corrected chi connectivity index (χ2v) is 5.43. The second kappa shape index (κ2) is 5.77. The van der Waals surface area contributed by atoms with Gasteiger partial charge in [-0.2, -0.15) is 4.98 Å². The Kier molecular flexibility index (Phi) is 4.31. The molecule has 94 valence electrons. The molecule has 0 atom stereocenters. The Morgan fingerprint density at radius 3 is 2.67 bits per heavy atom. The molecule has 0 radical (unpaired) electrons. The van der Waals surface area contributed by atoms with Crippen molar-refractivity contribution >= 4 is 31.9 Å². The molecule has 0 spiro atoms. The molecule has 18 heavy (non-hydrogen) atoms. The van der Waals surface area contributed by atoms with E-state index in [4.69, 9.17) is 10.5 Å². The molecule has 0 aliphatic rings.